The summed E-state index contributed by atoms with van der Waals surface area (Å²) in [5.41, 5.74) is 1.15. The summed E-state index contributed by atoms with van der Waals surface area (Å²) in [5.74, 6) is -1.79. The van der Waals surface area contributed by atoms with E-state index in [4.69, 9.17) is 24.1 Å². The van der Waals surface area contributed by atoms with Crippen LogP contribution in [0.2, 0.25) is 0 Å². The average molecular weight is 565 g/mol. The third-order valence-electron chi connectivity index (χ3n) is 7.28. The van der Waals surface area contributed by atoms with Gasteiger partial charge in [0.2, 0.25) is 0 Å². The van der Waals surface area contributed by atoms with E-state index in [0.717, 1.165) is 12.8 Å². The highest BCUT2D eigenvalue weighted by molar-refractivity contribution is 5.89. The van der Waals surface area contributed by atoms with Gasteiger partial charge in [-0.1, -0.05) is 76.8 Å². The van der Waals surface area contributed by atoms with Gasteiger partial charge in [-0.15, -0.1) is 0 Å². The zero-order chi connectivity index (χ0) is 29.0. The monoisotopic (exact) mass is 564 g/mol. The summed E-state index contributed by atoms with van der Waals surface area (Å²) < 4.78 is 23.6. The van der Waals surface area contributed by atoms with E-state index in [1.54, 1.807) is 38.1 Å². The number of fused-ring (bicyclic) bond motifs is 1. The summed E-state index contributed by atoms with van der Waals surface area (Å²) in [4.78, 5) is 23.8. The number of ether oxygens (including phenoxy) is 4. The molecule has 0 aromatic heterocycles. The van der Waals surface area contributed by atoms with Gasteiger partial charge in [-0.25, -0.2) is 4.79 Å². The number of aliphatic hydroxyl groups excluding tert-OH is 1. The van der Waals surface area contributed by atoms with E-state index in [9.17, 15) is 14.7 Å². The maximum absolute atomic E-state index is 12.9. The molecule has 0 radical (unpaired) electrons. The molecule has 226 valence electrons. The second kappa shape index (κ2) is 16.3. The Morgan fingerprint density at radius 2 is 1.55 bits per heavy atom. The number of nitrogens with one attached hydrogen (secondary N) is 2. The topological polar surface area (TPSA) is 136 Å². The number of urea groups is 1. The number of aliphatic carboxylic acids is 1. The van der Waals surface area contributed by atoms with Crippen molar-refractivity contribution in [1.29, 1.82) is 0 Å². The van der Waals surface area contributed by atoms with Crippen LogP contribution in [-0.4, -0.2) is 71.9 Å². The van der Waals surface area contributed by atoms with E-state index >= 15 is 0 Å². The summed E-state index contributed by atoms with van der Waals surface area (Å²) in [6.07, 6.45) is 9.21. The van der Waals surface area contributed by atoms with Crippen molar-refractivity contribution in [2.45, 2.75) is 128 Å². The Morgan fingerprint density at radius 3 is 2.17 bits per heavy atom. The first-order valence-electron chi connectivity index (χ1n) is 14.8. The molecule has 10 heteroatoms. The predicted octanol–water partition coefficient (Wildman–Crippen LogP) is 4.98. The number of carbonyl (C=O) groups is 2. The second-order valence-electron chi connectivity index (χ2n) is 11.3. The van der Waals surface area contributed by atoms with Crippen LogP contribution in [0.25, 0.3) is 0 Å². The number of carboxylic acids is 1. The molecule has 2 fully saturated rings. The van der Waals surface area contributed by atoms with Crippen molar-refractivity contribution in [2.24, 2.45) is 0 Å². The molecule has 2 heterocycles. The number of amides is 2. The predicted molar refractivity (Wildman–Crippen MR) is 151 cm³/mol. The van der Waals surface area contributed by atoms with E-state index in [2.05, 4.69) is 17.6 Å². The summed E-state index contributed by atoms with van der Waals surface area (Å²) in [6, 6.07) is 5.54. The number of rotatable bonds is 18. The molecule has 2 aliphatic heterocycles. The Bertz CT molecular complexity index is 909. The first kappa shape index (κ1) is 32.3. The minimum absolute atomic E-state index is 0.0900. The minimum Gasteiger partial charge on any atom is -0.481 e. The van der Waals surface area contributed by atoms with Crippen LogP contribution >= 0.6 is 0 Å². The average Bonchev–Trinajstić information content (AvgIpc) is 3.37. The molecule has 2 amide bonds. The van der Waals surface area contributed by atoms with E-state index in [1.165, 1.54) is 51.4 Å². The van der Waals surface area contributed by atoms with Gasteiger partial charge in [0.15, 0.2) is 12.1 Å². The molecule has 5 atom stereocenters. The standard InChI is InChI=1S/C30H48N2O8/c1-4-5-6-7-8-9-10-11-12-13-18-37-20-23(25-26-27(28(35)38-25)40-30(2,3)39-26)32-29(36)31-22-16-14-21(15-17-22)19-24(33)34/h14-17,23,25-28,35H,4-13,18-20H2,1-3H3,(H,33,34)(H2,31,32,36)/t23-,25+,26-,27-,28-/m0/s1. The number of aliphatic hydroxyl groups is 1. The lowest BCUT2D eigenvalue weighted by atomic mass is 10.0. The SMILES string of the molecule is CCCCCCCCCCCCOC[C@H](NC(=O)Nc1ccc(CC(=O)O)cc1)[C@H]1O[C@H](O)[C@H]2OC(C)(C)O[C@@H]12. The molecule has 3 rings (SSSR count). The molecule has 1 aromatic rings. The third kappa shape index (κ3) is 10.6. The lowest BCUT2D eigenvalue weighted by Crippen LogP contribution is -2.52. The zero-order valence-corrected chi connectivity index (χ0v) is 24.2. The molecule has 10 nitrogen and oxygen atoms in total. The summed E-state index contributed by atoms with van der Waals surface area (Å²) in [6.45, 7) is 6.54. The molecule has 2 saturated heterocycles. The largest absolute Gasteiger partial charge is 0.481 e. The van der Waals surface area contributed by atoms with Gasteiger partial charge in [0.25, 0.3) is 0 Å². The van der Waals surface area contributed by atoms with Crippen LogP contribution in [0.3, 0.4) is 0 Å². The van der Waals surface area contributed by atoms with Crippen LogP contribution in [-0.2, 0) is 30.2 Å². The van der Waals surface area contributed by atoms with Crippen molar-refractivity contribution in [3.05, 3.63) is 29.8 Å². The first-order valence-corrected chi connectivity index (χ1v) is 14.8. The Balaban J connectivity index is 1.48. The van der Waals surface area contributed by atoms with Gasteiger partial charge in [-0.05, 0) is 38.0 Å². The lowest BCUT2D eigenvalue weighted by Gasteiger charge is -2.29. The molecule has 0 bridgehead atoms. The van der Waals surface area contributed by atoms with Crippen molar-refractivity contribution >= 4 is 17.7 Å². The maximum atomic E-state index is 12.9. The van der Waals surface area contributed by atoms with Gasteiger partial charge in [0.1, 0.15) is 18.3 Å². The van der Waals surface area contributed by atoms with Crippen molar-refractivity contribution in [1.82, 2.24) is 5.32 Å². The van der Waals surface area contributed by atoms with Gasteiger partial charge >= 0.3 is 12.0 Å². The molecule has 0 unspecified atom stereocenters. The highest BCUT2D eigenvalue weighted by atomic mass is 16.8. The second-order valence-corrected chi connectivity index (χ2v) is 11.3. The van der Waals surface area contributed by atoms with Gasteiger partial charge in [0, 0.05) is 12.3 Å². The summed E-state index contributed by atoms with van der Waals surface area (Å²) in [5, 5.41) is 25.1. The molecular weight excluding hydrogens is 516 g/mol. The smallest absolute Gasteiger partial charge is 0.319 e. The van der Waals surface area contributed by atoms with E-state index in [-0.39, 0.29) is 13.0 Å². The fourth-order valence-corrected chi connectivity index (χ4v) is 5.27. The summed E-state index contributed by atoms with van der Waals surface area (Å²) in [7, 11) is 0. The van der Waals surface area contributed by atoms with E-state index in [0.29, 0.717) is 17.9 Å². The van der Waals surface area contributed by atoms with Crippen LogP contribution < -0.4 is 10.6 Å². The number of hydrogen-bond donors (Lipinski definition) is 4. The zero-order valence-electron chi connectivity index (χ0n) is 24.2. The first-order chi connectivity index (χ1) is 19.2. The number of carbonyl (C=O) groups excluding carboxylic acids is 1. The van der Waals surface area contributed by atoms with Crippen molar-refractivity contribution in [2.75, 3.05) is 18.5 Å². The molecule has 0 spiro atoms. The number of benzene rings is 1. The maximum Gasteiger partial charge on any atom is 0.319 e. The van der Waals surface area contributed by atoms with Crippen LogP contribution in [0, 0.1) is 0 Å². The van der Waals surface area contributed by atoms with E-state index < -0.39 is 48.4 Å². The quantitative estimate of drug-likeness (QED) is 0.183. The van der Waals surface area contributed by atoms with Crippen molar-refractivity contribution in [3.8, 4) is 0 Å². The Hall–Kier alpha value is -2.24. The van der Waals surface area contributed by atoms with Crippen molar-refractivity contribution < 1.29 is 38.7 Å². The Morgan fingerprint density at radius 1 is 0.950 bits per heavy atom. The lowest BCUT2D eigenvalue weighted by molar-refractivity contribution is -0.224. The van der Waals surface area contributed by atoms with Crippen LogP contribution in [0.5, 0.6) is 0 Å². The Labute approximate surface area is 238 Å². The normalized spacial score (nSPS) is 24.0. The highest BCUT2D eigenvalue weighted by Gasteiger charge is 2.57. The molecular formula is C30H48N2O8. The fraction of sp³-hybridized carbons (Fsp3) is 0.733. The van der Waals surface area contributed by atoms with Crippen LogP contribution in [0.1, 0.15) is 90.5 Å². The number of carboxylic acid groups (broad SMARTS) is 1. The van der Waals surface area contributed by atoms with Crippen LogP contribution in [0.15, 0.2) is 24.3 Å². The Kier molecular flexibility index (Phi) is 13.1. The molecule has 0 aliphatic carbocycles. The van der Waals surface area contributed by atoms with Crippen LogP contribution in [0.4, 0.5) is 10.5 Å². The molecule has 2 aliphatic rings. The van der Waals surface area contributed by atoms with Gasteiger partial charge in [0.05, 0.1) is 19.1 Å². The van der Waals surface area contributed by atoms with Crippen molar-refractivity contribution in [3.63, 3.8) is 0 Å². The van der Waals surface area contributed by atoms with Gasteiger partial charge < -0.3 is 39.8 Å². The molecule has 0 saturated carbocycles. The molecule has 4 N–H and O–H groups in total. The van der Waals surface area contributed by atoms with Gasteiger partial charge in [-0.3, -0.25) is 4.79 Å². The third-order valence-corrected chi connectivity index (χ3v) is 7.28. The van der Waals surface area contributed by atoms with E-state index in [1.807, 2.05) is 0 Å². The fourth-order valence-electron chi connectivity index (χ4n) is 5.27. The molecule has 1 aromatic carbocycles. The van der Waals surface area contributed by atoms with Gasteiger partial charge in [-0.2, -0.15) is 0 Å². The number of anilines is 1. The highest BCUT2D eigenvalue weighted by Crippen LogP contribution is 2.39. The number of hydrogen-bond acceptors (Lipinski definition) is 7. The summed E-state index contributed by atoms with van der Waals surface area (Å²) >= 11 is 0. The number of unbranched alkanes of at least 4 members (excludes halogenated alkanes) is 9. The minimum atomic E-state index is -1.17. The molecule has 40 heavy (non-hydrogen) atoms.